The minimum atomic E-state index is -3.42. The molecule has 0 amide bonds. The zero-order valence-electron chi connectivity index (χ0n) is 11.0. The summed E-state index contributed by atoms with van der Waals surface area (Å²) in [5.41, 5.74) is 6.40. The summed E-state index contributed by atoms with van der Waals surface area (Å²) >= 11 is 1.79. The summed E-state index contributed by atoms with van der Waals surface area (Å²) in [5, 5.41) is 1.59. The quantitative estimate of drug-likeness (QED) is 0.864. The number of nitrogen functional groups attached to an aromatic ring is 1. The largest absolute Gasteiger partial charge is 0.399 e. The lowest BCUT2D eigenvalue weighted by atomic mass is 10.1. The van der Waals surface area contributed by atoms with Crippen LogP contribution >= 0.6 is 11.8 Å². The molecule has 0 radical (unpaired) electrons. The minimum Gasteiger partial charge on any atom is -0.399 e. The van der Waals surface area contributed by atoms with E-state index in [0.717, 1.165) is 22.3 Å². The van der Waals surface area contributed by atoms with E-state index in [2.05, 4.69) is 0 Å². The number of fused-ring (bicyclic) bond motifs is 1. The average molecular weight is 308 g/mol. The van der Waals surface area contributed by atoms with Crippen LogP contribution in [0.2, 0.25) is 0 Å². The Morgan fingerprint density at radius 2 is 1.85 bits per heavy atom. The van der Waals surface area contributed by atoms with Crippen molar-refractivity contribution in [3.63, 3.8) is 0 Å². The van der Waals surface area contributed by atoms with Crippen LogP contribution in [-0.2, 0) is 10.0 Å². The molecule has 1 fully saturated rings. The van der Waals surface area contributed by atoms with Crippen LogP contribution in [0.25, 0.3) is 10.8 Å². The number of rotatable bonds is 2. The molecule has 1 saturated heterocycles. The predicted molar refractivity (Wildman–Crippen MR) is 84.4 cm³/mol. The van der Waals surface area contributed by atoms with Gasteiger partial charge in [0.15, 0.2) is 0 Å². The molecule has 3 rings (SSSR count). The molecule has 4 nitrogen and oxygen atoms in total. The van der Waals surface area contributed by atoms with Gasteiger partial charge >= 0.3 is 0 Å². The van der Waals surface area contributed by atoms with Gasteiger partial charge in [-0.1, -0.05) is 18.2 Å². The molecule has 0 saturated carbocycles. The number of anilines is 1. The third kappa shape index (κ3) is 2.39. The van der Waals surface area contributed by atoms with Crippen molar-refractivity contribution in [3.05, 3.63) is 36.4 Å². The molecule has 2 N–H and O–H groups in total. The first-order valence-electron chi connectivity index (χ1n) is 6.45. The molecular formula is C14H16N2O2S2. The van der Waals surface area contributed by atoms with E-state index in [9.17, 15) is 8.42 Å². The molecule has 6 heteroatoms. The van der Waals surface area contributed by atoms with Crippen molar-refractivity contribution in [2.45, 2.75) is 4.90 Å². The van der Waals surface area contributed by atoms with E-state index in [1.165, 1.54) is 0 Å². The van der Waals surface area contributed by atoms with Crippen molar-refractivity contribution >= 4 is 38.2 Å². The zero-order valence-corrected chi connectivity index (χ0v) is 12.6. The van der Waals surface area contributed by atoms with Gasteiger partial charge in [-0.3, -0.25) is 0 Å². The highest BCUT2D eigenvalue weighted by Gasteiger charge is 2.27. The monoisotopic (exact) mass is 308 g/mol. The molecule has 0 unspecified atom stereocenters. The van der Waals surface area contributed by atoms with Gasteiger partial charge in [0.05, 0.1) is 4.90 Å². The molecule has 2 aromatic rings. The molecule has 1 aliphatic heterocycles. The number of hydrogen-bond acceptors (Lipinski definition) is 4. The van der Waals surface area contributed by atoms with E-state index >= 15 is 0 Å². The Bertz CT molecular complexity index is 738. The number of thioether (sulfide) groups is 1. The predicted octanol–water partition coefficient (Wildman–Crippen LogP) is 2.16. The Balaban J connectivity index is 2.13. The van der Waals surface area contributed by atoms with Crippen molar-refractivity contribution in [1.29, 1.82) is 0 Å². The Kier molecular flexibility index (Phi) is 3.62. The van der Waals surface area contributed by atoms with Crippen molar-refractivity contribution in [3.8, 4) is 0 Å². The van der Waals surface area contributed by atoms with Crippen molar-refractivity contribution in [1.82, 2.24) is 4.31 Å². The van der Waals surface area contributed by atoms with Crippen LogP contribution in [0.3, 0.4) is 0 Å². The molecule has 106 valence electrons. The summed E-state index contributed by atoms with van der Waals surface area (Å²) < 4.78 is 27.1. The van der Waals surface area contributed by atoms with E-state index < -0.39 is 10.0 Å². The summed E-state index contributed by atoms with van der Waals surface area (Å²) in [6, 6.07) is 10.7. The van der Waals surface area contributed by atoms with Crippen LogP contribution in [-0.4, -0.2) is 37.3 Å². The number of hydrogen-bond donors (Lipinski definition) is 1. The number of nitrogens with zero attached hydrogens (tertiary/aromatic N) is 1. The molecule has 0 aromatic heterocycles. The van der Waals surface area contributed by atoms with Crippen molar-refractivity contribution in [2.75, 3.05) is 30.3 Å². The molecule has 0 bridgehead atoms. The maximum absolute atomic E-state index is 12.8. The van der Waals surface area contributed by atoms with Gasteiger partial charge in [-0.25, -0.2) is 8.42 Å². The van der Waals surface area contributed by atoms with Crippen LogP contribution in [0.1, 0.15) is 0 Å². The van der Waals surface area contributed by atoms with Gasteiger partial charge in [-0.05, 0) is 23.6 Å². The lowest BCUT2D eigenvalue weighted by molar-refractivity contribution is 0.444. The van der Waals surface area contributed by atoms with E-state index in [1.807, 2.05) is 6.07 Å². The van der Waals surface area contributed by atoms with E-state index in [0.29, 0.717) is 23.7 Å². The molecule has 0 atom stereocenters. The van der Waals surface area contributed by atoms with Crippen LogP contribution in [0.15, 0.2) is 41.3 Å². The molecule has 2 aromatic carbocycles. The van der Waals surface area contributed by atoms with E-state index in [1.54, 1.807) is 46.4 Å². The normalized spacial score (nSPS) is 17.4. The van der Waals surface area contributed by atoms with Crippen molar-refractivity contribution in [2.24, 2.45) is 0 Å². The summed E-state index contributed by atoms with van der Waals surface area (Å²) in [4.78, 5) is 0.377. The highest BCUT2D eigenvalue weighted by atomic mass is 32.2. The standard InChI is InChI=1S/C14H16N2O2S2/c15-12-4-5-13-11(10-12)2-1-3-14(13)20(17,18)16-6-8-19-9-7-16/h1-5,10H,6-9,15H2. The van der Waals surface area contributed by atoms with Gasteiger partial charge in [0, 0.05) is 35.7 Å². The first-order valence-corrected chi connectivity index (χ1v) is 9.05. The number of nitrogens with two attached hydrogens (primary N) is 1. The fourth-order valence-corrected chi connectivity index (χ4v) is 5.21. The van der Waals surface area contributed by atoms with E-state index in [-0.39, 0.29) is 0 Å². The Morgan fingerprint density at radius 3 is 2.60 bits per heavy atom. The molecular weight excluding hydrogens is 292 g/mol. The Morgan fingerprint density at radius 1 is 1.10 bits per heavy atom. The second-order valence-corrected chi connectivity index (χ2v) is 7.88. The topological polar surface area (TPSA) is 63.4 Å². The molecule has 1 aliphatic rings. The fraction of sp³-hybridized carbons (Fsp3) is 0.286. The van der Waals surface area contributed by atoms with Crippen LogP contribution in [0, 0.1) is 0 Å². The number of sulfonamides is 1. The van der Waals surface area contributed by atoms with E-state index in [4.69, 9.17) is 5.73 Å². The Hall–Kier alpha value is -1.24. The van der Waals surface area contributed by atoms with Crippen LogP contribution in [0.5, 0.6) is 0 Å². The van der Waals surface area contributed by atoms with Gasteiger partial charge in [0.25, 0.3) is 0 Å². The molecule has 0 spiro atoms. The second-order valence-electron chi connectivity index (χ2n) is 4.75. The first kappa shape index (κ1) is 13.7. The van der Waals surface area contributed by atoms with Gasteiger partial charge in [0.1, 0.15) is 0 Å². The highest BCUT2D eigenvalue weighted by Crippen LogP contribution is 2.28. The molecule has 1 heterocycles. The maximum Gasteiger partial charge on any atom is 0.243 e. The van der Waals surface area contributed by atoms with Gasteiger partial charge in [-0.15, -0.1) is 0 Å². The van der Waals surface area contributed by atoms with Crippen molar-refractivity contribution < 1.29 is 8.42 Å². The van der Waals surface area contributed by atoms with Gasteiger partial charge < -0.3 is 5.73 Å². The smallest absolute Gasteiger partial charge is 0.243 e. The third-order valence-corrected chi connectivity index (χ3v) is 6.35. The van der Waals surface area contributed by atoms with Gasteiger partial charge in [-0.2, -0.15) is 16.1 Å². The average Bonchev–Trinajstić information content (AvgIpc) is 2.47. The van der Waals surface area contributed by atoms with Gasteiger partial charge in [0.2, 0.25) is 10.0 Å². The lowest BCUT2D eigenvalue weighted by Crippen LogP contribution is -2.37. The summed E-state index contributed by atoms with van der Waals surface area (Å²) in [6.07, 6.45) is 0. The fourth-order valence-electron chi connectivity index (χ4n) is 2.42. The van der Waals surface area contributed by atoms with Crippen LogP contribution in [0.4, 0.5) is 5.69 Å². The number of benzene rings is 2. The first-order chi connectivity index (χ1) is 9.59. The lowest BCUT2D eigenvalue weighted by Gasteiger charge is -2.26. The summed E-state index contributed by atoms with van der Waals surface area (Å²) in [6.45, 7) is 1.16. The second kappa shape index (κ2) is 5.27. The zero-order chi connectivity index (χ0) is 14.2. The van der Waals surface area contributed by atoms with Crippen LogP contribution < -0.4 is 5.73 Å². The molecule has 0 aliphatic carbocycles. The summed E-state index contributed by atoms with van der Waals surface area (Å²) in [7, 11) is -3.42. The third-order valence-electron chi connectivity index (χ3n) is 3.45. The Labute approximate surface area is 123 Å². The molecule has 20 heavy (non-hydrogen) atoms. The highest BCUT2D eigenvalue weighted by molar-refractivity contribution is 7.99. The maximum atomic E-state index is 12.8. The SMILES string of the molecule is Nc1ccc2c(S(=O)(=O)N3CCSCC3)cccc2c1. The minimum absolute atomic E-state index is 0.377. The summed E-state index contributed by atoms with van der Waals surface area (Å²) in [5.74, 6) is 1.72.